The predicted molar refractivity (Wildman–Crippen MR) is 124 cm³/mol. The van der Waals surface area contributed by atoms with E-state index in [9.17, 15) is 25.2 Å². The zero-order valence-electron chi connectivity index (χ0n) is 20.8. The monoisotopic (exact) mass is 450 g/mol. The lowest BCUT2D eigenvalue weighted by atomic mass is 9.43. The van der Waals surface area contributed by atoms with Crippen molar-refractivity contribution in [1.29, 1.82) is 0 Å². The Kier molecular flexibility index (Phi) is 6.40. The predicted octanol–water partition coefficient (Wildman–Crippen LogP) is 3.70. The normalized spacial score (nSPS) is 49.7. The molecule has 184 valence electrons. The highest BCUT2D eigenvalue weighted by Crippen LogP contribution is 2.68. The number of carbonyl (C=O) groups excluding carboxylic acids is 1. The molecule has 0 saturated heterocycles. The van der Waals surface area contributed by atoms with E-state index in [1.165, 1.54) is 0 Å². The molecule has 0 aromatic rings. The van der Waals surface area contributed by atoms with Crippen molar-refractivity contribution in [2.75, 3.05) is 0 Å². The first-order chi connectivity index (χ1) is 14.8. The van der Waals surface area contributed by atoms with Crippen LogP contribution >= 0.6 is 0 Å². The van der Waals surface area contributed by atoms with Gasteiger partial charge in [0.1, 0.15) is 5.60 Å². The molecule has 4 fully saturated rings. The zero-order chi connectivity index (χ0) is 23.6. The standard InChI is InChI=1S/C27H46O5/c1-15(6-9-22(30)25(2,3)32)18-7-8-19-24-20(14-23(31)27(18,19)5)26(4)11-10-17(28)12-16(26)13-21(24)29/h15-21,23-24,28-29,31-32H,6-14H2,1-5H3/t15-,16-,17+,18-,19-,20-,21+,23-,24-,26-,27-/m1/s1. The van der Waals surface area contributed by atoms with Gasteiger partial charge in [-0.1, -0.05) is 20.8 Å². The summed E-state index contributed by atoms with van der Waals surface area (Å²) in [6, 6.07) is 0. The molecule has 0 aromatic carbocycles. The minimum Gasteiger partial charge on any atom is -0.393 e. The Morgan fingerprint density at radius 1 is 1.03 bits per heavy atom. The molecule has 4 rings (SSSR count). The molecule has 11 atom stereocenters. The fourth-order valence-corrected chi connectivity index (χ4v) is 9.00. The van der Waals surface area contributed by atoms with E-state index < -0.39 is 11.7 Å². The first-order valence-corrected chi connectivity index (χ1v) is 13.1. The molecule has 0 spiro atoms. The molecule has 4 aliphatic carbocycles. The van der Waals surface area contributed by atoms with Gasteiger partial charge in [0.05, 0.1) is 18.3 Å². The van der Waals surface area contributed by atoms with Crippen LogP contribution in [-0.4, -0.2) is 50.1 Å². The third kappa shape index (κ3) is 3.79. The van der Waals surface area contributed by atoms with E-state index in [-0.39, 0.29) is 40.7 Å². The average Bonchev–Trinajstić information content (AvgIpc) is 3.06. The molecule has 0 aromatic heterocycles. The van der Waals surface area contributed by atoms with Gasteiger partial charge in [-0.15, -0.1) is 0 Å². The number of ketones is 1. The maximum absolute atomic E-state index is 12.3. The molecule has 0 bridgehead atoms. The van der Waals surface area contributed by atoms with Crippen LogP contribution in [0, 0.1) is 46.3 Å². The van der Waals surface area contributed by atoms with Gasteiger partial charge < -0.3 is 20.4 Å². The van der Waals surface area contributed by atoms with Crippen LogP contribution < -0.4 is 0 Å². The largest absolute Gasteiger partial charge is 0.393 e. The van der Waals surface area contributed by atoms with Gasteiger partial charge in [0.15, 0.2) is 5.78 Å². The summed E-state index contributed by atoms with van der Waals surface area (Å²) in [5, 5.41) is 43.2. The lowest BCUT2D eigenvalue weighted by molar-refractivity contribution is -0.207. The zero-order valence-corrected chi connectivity index (χ0v) is 20.8. The average molecular weight is 451 g/mol. The molecule has 0 heterocycles. The third-order valence-electron chi connectivity index (χ3n) is 11.0. The Morgan fingerprint density at radius 3 is 2.38 bits per heavy atom. The first kappa shape index (κ1) is 24.6. The van der Waals surface area contributed by atoms with E-state index in [0.717, 1.165) is 51.4 Å². The second-order valence-corrected chi connectivity index (χ2v) is 13.0. The van der Waals surface area contributed by atoms with Gasteiger partial charge in [-0.3, -0.25) is 4.79 Å². The second-order valence-electron chi connectivity index (χ2n) is 13.0. The first-order valence-electron chi connectivity index (χ1n) is 13.1. The van der Waals surface area contributed by atoms with Gasteiger partial charge in [-0.25, -0.2) is 0 Å². The number of fused-ring (bicyclic) bond motifs is 5. The fraction of sp³-hybridized carbons (Fsp3) is 0.963. The lowest BCUT2D eigenvalue weighted by Gasteiger charge is -2.63. The van der Waals surface area contributed by atoms with Crippen LogP contribution in [0.25, 0.3) is 0 Å². The summed E-state index contributed by atoms with van der Waals surface area (Å²) in [6.07, 6.45) is 6.28. The third-order valence-corrected chi connectivity index (χ3v) is 11.0. The van der Waals surface area contributed by atoms with Crippen molar-refractivity contribution in [3.63, 3.8) is 0 Å². The number of aliphatic hydroxyl groups is 4. The summed E-state index contributed by atoms with van der Waals surface area (Å²) in [6.45, 7) is 9.92. The SMILES string of the molecule is C[C@H](CCC(=O)C(C)(C)O)[C@H]1CC[C@@H]2[C@@H]3[C@@H](C[C@@H](O)[C@@]21C)[C@]1(C)CC[C@H](O)C[C@@H]1C[C@@H]3O. The summed E-state index contributed by atoms with van der Waals surface area (Å²) >= 11 is 0. The van der Waals surface area contributed by atoms with Crippen LogP contribution in [0.5, 0.6) is 0 Å². The van der Waals surface area contributed by atoms with E-state index in [2.05, 4.69) is 20.8 Å². The Hall–Kier alpha value is -0.490. The molecule has 5 heteroatoms. The van der Waals surface area contributed by atoms with Crippen LogP contribution in [-0.2, 0) is 4.79 Å². The van der Waals surface area contributed by atoms with E-state index in [4.69, 9.17) is 0 Å². The van der Waals surface area contributed by atoms with Gasteiger partial charge in [0.25, 0.3) is 0 Å². The van der Waals surface area contributed by atoms with E-state index >= 15 is 0 Å². The molecule has 5 nitrogen and oxygen atoms in total. The molecule has 4 aliphatic rings. The van der Waals surface area contributed by atoms with Crippen molar-refractivity contribution in [2.24, 2.45) is 46.3 Å². The molecule has 0 radical (unpaired) electrons. The number of hydrogen-bond donors (Lipinski definition) is 4. The van der Waals surface area contributed by atoms with Crippen molar-refractivity contribution in [3.8, 4) is 0 Å². The number of hydrogen-bond acceptors (Lipinski definition) is 5. The highest BCUT2D eigenvalue weighted by atomic mass is 16.3. The highest BCUT2D eigenvalue weighted by Gasteiger charge is 2.65. The van der Waals surface area contributed by atoms with Crippen LogP contribution in [0.15, 0.2) is 0 Å². The smallest absolute Gasteiger partial charge is 0.163 e. The summed E-state index contributed by atoms with van der Waals surface area (Å²) in [5.74, 6) is 1.66. The Balaban J connectivity index is 1.55. The quantitative estimate of drug-likeness (QED) is 0.512. The van der Waals surface area contributed by atoms with Gasteiger partial charge in [0.2, 0.25) is 0 Å². The van der Waals surface area contributed by atoms with Crippen molar-refractivity contribution in [3.05, 3.63) is 0 Å². The van der Waals surface area contributed by atoms with Crippen LogP contribution in [0.4, 0.5) is 0 Å². The fourth-order valence-electron chi connectivity index (χ4n) is 9.00. The number of carbonyl (C=O) groups is 1. The molecule has 32 heavy (non-hydrogen) atoms. The summed E-state index contributed by atoms with van der Waals surface area (Å²) < 4.78 is 0. The van der Waals surface area contributed by atoms with E-state index in [1.54, 1.807) is 13.8 Å². The van der Waals surface area contributed by atoms with Gasteiger partial charge in [-0.2, -0.15) is 0 Å². The summed E-state index contributed by atoms with van der Waals surface area (Å²) in [7, 11) is 0. The Bertz CT molecular complexity index is 715. The Morgan fingerprint density at radius 2 is 1.72 bits per heavy atom. The van der Waals surface area contributed by atoms with Crippen molar-refractivity contribution in [1.82, 2.24) is 0 Å². The minimum atomic E-state index is -1.29. The number of Topliss-reactive ketones (excluding diaryl/α,β-unsaturated/α-hetero) is 1. The van der Waals surface area contributed by atoms with Crippen molar-refractivity contribution < 1.29 is 25.2 Å². The Labute approximate surface area is 194 Å². The van der Waals surface area contributed by atoms with Crippen LogP contribution in [0.2, 0.25) is 0 Å². The van der Waals surface area contributed by atoms with E-state index in [0.29, 0.717) is 30.1 Å². The van der Waals surface area contributed by atoms with Crippen LogP contribution in [0.1, 0.15) is 92.4 Å². The maximum atomic E-state index is 12.3. The molecular formula is C27H46O5. The number of aliphatic hydroxyl groups excluding tert-OH is 3. The number of rotatable bonds is 5. The molecule has 4 N–H and O–H groups in total. The van der Waals surface area contributed by atoms with Gasteiger partial charge in [-0.05, 0) is 112 Å². The molecule has 0 aliphatic heterocycles. The van der Waals surface area contributed by atoms with Gasteiger partial charge >= 0.3 is 0 Å². The summed E-state index contributed by atoms with van der Waals surface area (Å²) in [5.41, 5.74) is -1.43. The minimum absolute atomic E-state index is 0.0915. The maximum Gasteiger partial charge on any atom is 0.163 e. The molecule has 4 saturated carbocycles. The van der Waals surface area contributed by atoms with Crippen LogP contribution in [0.3, 0.4) is 0 Å². The van der Waals surface area contributed by atoms with Crippen molar-refractivity contribution >= 4 is 5.78 Å². The lowest BCUT2D eigenvalue weighted by Crippen LogP contribution is -2.62. The molecule has 0 amide bonds. The molecular weight excluding hydrogens is 404 g/mol. The van der Waals surface area contributed by atoms with E-state index in [1.807, 2.05) is 0 Å². The second kappa shape index (κ2) is 8.32. The topological polar surface area (TPSA) is 98.0 Å². The van der Waals surface area contributed by atoms with Crippen molar-refractivity contribution in [2.45, 2.75) is 116 Å². The molecule has 0 unspecified atom stereocenters. The van der Waals surface area contributed by atoms with Gasteiger partial charge in [0, 0.05) is 6.42 Å². The summed E-state index contributed by atoms with van der Waals surface area (Å²) in [4.78, 5) is 12.3. The highest BCUT2D eigenvalue weighted by molar-refractivity contribution is 5.86.